The van der Waals surface area contributed by atoms with Crippen LogP contribution in [0.2, 0.25) is 0 Å². The van der Waals surface area contributed by atoms with Gasteiger partial charge in [-0.15, -0.1) is 0 Å². The number of para-hydroxylation sites is 1. The van der Waals surface area contributed by atoms with Crippen molar-refractivity contribution in [1.82, 2.24) is 9.97 Å². The zero-order valence-electron chi connectivity index (χ0n) is 19.6. The topological polar surface area (TPSA) is 40.7 Å². The van der Waals surface area contributed by atoms with Crippen molar-refractivity contribution in [1.29, 1.82) is 0 Å². The van der Waals surface area contributed by atoms with Gasteiger partial charge in [-0.1, -0.05) is 109 Å². The number of hydrogen-bond donors (Lipinski definition) is 2. The molecule has 0 fully saturated rings. The molecule has 6 aromatic carbocycles. The van der Waals surface area contributed by atoms with Gasteiger partial charge in [-0.3, -0.25) is 0 Å². The summed E-state index contributed by atoms with van der Waals surface area (Å²) in [7, 11) is 0. The molecule has 0 aliphatic heterocycles. The fourth-order valence-corrected chi connectivity index (χ4v) is 5.26. The van der Waals surface area contributed by atoms with E-state index in [0.29, 0.717) is 0 Å². The van der Waals surface area contributed by atoms with Crippen LogP contribution in [0.5, 0.6) is 0 Å². The molecule has 0 spiro atoms. The molecule has 1 aromatic heterocycles. The van der Waals surface area contributed by atoms with Gasteiger partial charge in [0.25, 0.3) is 0 Å². The number of nitrogens with zero attached hydrogens (tertiary/aromatic N) is 1. The summed E-state index contributed by atoms with van der Waals surface area (Å²) in [5.74, 6) is 0.733. The fraction of sp³-hybridized carbons (Fsp3) is 0. The van der Waals surface area contributed by atoms with E-state index in [1.165, 1.54) is 38.4 Å². The Morgan fingerprint density at radius 1 is 0.500 bits per heavy atom. The first-order valence-corrected chi connectivity index (χ1v) is 12.2. The van der Waals surface area contributed by atoms with E-state index in [2.05, 4.69) is 107 Å². The highest BCUT2D eigenvalue weighted by molar-refractivity contribution is 6.27. The lowest BCUT2D eigenvalue weighted by molar-refractivity contribution is 1.31. The maximum absolute atomic E-state index is 5.10. The number of H-pyrrole nitrogens is 1. The van der Waals surface area contributed by atoms with Crippen molar-refractivity contribution in [3.8, 4) is 22.3 Å². The van der Waals surface area contributed by atoms with Gasteiger partial charge in [0.05, 0.1) is 11.0 Å². The number of rotatable bonds is 4. The van der Waals surface area contributed by atoms with E-state index in [1.54, 1.807) is 0 Å². The lowest BCUT2D eigenvalue weighted by Gasteiger charge is -2.18. The van der Waals surface area contributed by atoms with Crippen molar-refractivity contribution in [2.75, 3.05) is 5.32 Å². The molecule has 0 aliphatic carbocycles. The van der Waals surface area contributed by atoms with Gasteiger partial charge in [0.2, 0.25) is 5.95 Å². The lowest BCUT2D eigenvalue weighted by atomic mass is 9.84. The average Bonchev–Trinajstić information content (AvgIpc) is 3.36. The second-order valence-corrected chi connectivity index (χ2v) is 8.99. The first-order valence-electron chi connectivity index (χ1n) is 12.2. The summed E-state index contributed by atoms with van der Waals surface area (Å²) in [6.45, 7) is 0. The van der Waals surface area contributed by atoms with Gasteiger partial charge < -0.3 is 10.3 Å². The summed E-state index contributed by atoms with van der Waals surface area (Å²) in [5, 5.41) is 8.27. The van der Waals surface area contributed by atoms with Gasteiger partial charge in [-0.25, -0.2) is 4.98 Å². The summed E-state index contributed by atoms with van der Waals surface area (Å²) in [4.78, 5) is 8.60. The van der Waals surface area contributed by atoms with E-state index in [-0.39, 0.29) is 0 Å². The van der Waals surface area contributed by atoms with E-state index in [0.717, 1.165) is 28.1 Å². The van der Waals surface area contributed by atoms with E-state index < -0.39 is 0 Å². The van der Waals surface area contributed by atoms with Gasteiger partial charge in [0.15, 0.2) is 0 Å². The minimum Gasteiger partial charge on any atom is -0.326 e. The Kier molecular flexibility index (Phi) is 4.78. The van der Waals surface area contributed by atoms with E-state index in [1.807, 2.05) is 30.3 Å². The van der Waals surface area contributed by atoms with E-state index in [9.17, 15) is 0 Å². The van der Waals surface area contributed by atoms with Crippen molar-refractivity contribution in [2.45, 2.75) is 0 Å². The molecule has 0 bridgehead atoms. The van der Waals surface area contributed by atoms with Crippen molar-refractivity contribution < 1.29 is 0 Å². The van der Waals surface area contributed by atoms with Crippen molar-refractivity contribution >= 4 is 44.2 Å². The molecular formula is C33H23N3. The van der Waals surface area contributed by atoms with Crippen LogP contribution in [0.25, 0.3) is 54.8 Å². The number of fused-ring (bicyclic) bond motifs is 5. The van der Waals surface area contributed by atoms with Gasteiger partial charge >= 0.3 is 0 Å². The zero-order chi connectivity index (χ0) is 23.9. The number of benzene rings is 6. The lowest BCUT2D eigenvalue weighted by Crippen LogP contribution is -1.93. The molecular weight excluding hydrogens is 438 g/mol. The maximum atomic E-state index is 5.10. The van der Waals surface area contributed by atoms with Crippen LogP contribution in [0.4, 0.5) is 11.6 Å². The van der Waals surface area contributed by atoms with Crippen LogP contribution in [0.1, 0.15) is 0 Å². The zero-order valence-corrected chi connectivity index (χ0v) is 19.6. The summed E-state index contributed by atoms with van der Waals surface area (Å²) in [6, 6.07) is 44.6. The minimum atomic E-state index is 0.733. The van der Waals surface area contributed by atoms with E-state index >= 15 is 0 Å². The molecule has 0 unspecified atom stereocenters. The minimum absolute atomic E-state index is 0.733. The third-order valence-corrected chi connectivity index (χ3v) is 6.80. The summed E-state index contributed by atoms with van der Waals surface area (Å²) >= 11 is 0. The van der Waals surface area contributed by atoms with Crippen LogP contribution >= 0.6 is 0 Å². The number of imidazole rings is 1. The highest BCUT2D eigenvalue weighted by Gasteiger charge is 2.20. The predicted molar refractivity (Wildman–Crippen MR) is 152 cm³/mol. The number of nitrogens with one attached hydrogen (secondary N) is 2. The molecule has 3 heteroatoms. The van der Waals surface area contributed by atoms with Crippen LogP contribution in [-0.2, 0) is 0 Å². The summed E-state index contributed by atoms with van der Waals surface area (Å²) in [5.41, 5.74) is 7.79. The molecule has 0 atom stereocenters. The largest absolute Gasteiger partial charge is 0.326 e. The van der Waals surface area contributed by atoms with Gasteiger partial charge in [0.1, 0.15) is 0 Å². The third kappa shape index (κ3) is 3.33. The Bertz CT molecular complexity index is 1840. The average molecular weight is 462 g/mol. The fourth-order valence-electron chi connectivity index (χ4n) is 5.26. The third-order valence-electron chi connectivity index (χ3n) is 6.80. The molecule has 2 N–H and O–H groups in total. The molecule has 0 aliphatic rings. The number of aromatic nitrogens is 2. The molecule has 0 saturated carbocycles. The van der Waals surface area contributed by atoms with Crippen LogP contribution in [0.15, 0.2) is 127 Å². The first kappa shape index (κ1) is 20.5. The van der Waals surface area contributed by atoms with Crippen LogP contribution in [0, 0.1) is 0 Å². The number of anilines is 2. The molecule has 0 amide bonds. The summed E-state index contributed by atoms with van der Waals surface area (Å²) < 4.78 is 0. The second kappa shape index (κ2) is 8.40. The predicted octanol–water partition coefficient (Wildman–Crippen LogP) is 8.95. The smallest absolute Gasteiger partial charge is 0.205 e. The van der Waals surface area contributed by atoms with Crippen LogP contribution in [0.3, 0.4) is 0 Å². The molecule has 7 rings (SSSR count). The monoisotopic (exact) mass is 461 g/mol. The van der Waals surface area contributed by atoms with Gasteiger partial charge in [-0.05, 0) is 51.0 Å². The molecule has 170 valence electrons. The Labute approximate surface area is 209 Å². The van der Waals surface area contributed by atoms with Crippen LogP contribution < -0.4 is 5.32 Å². The summed E-state index contributed by atoms with van der Waals surface area (Å²) in [6.07, 6.45) is 0. The van der Waals surface area contributed by atoms with Gasteiger partial charge in [-0.2, -0.15) is 0 Å². The normalized spacial score (nSPS) is 11.3. The highest BCUT2D eigenvalue weighted by Crippen LogP contribution is 2.46. The number of aromatic amines is 1. The van der Waals surface area contributed by atoms with E-state index in [4.69, 9.17) is 4.98 Å². The Hall–Kier alpha value is -4.89. The SMILES string of the molecule is c1ccc(Nc2nc3c(ccc4c5ccccc5c(-c5ccccc5)c(-c5ccccc5)c43)[nH]2)cc1. The second-order valence-electron chi connectivity index (χ2n) is 8.99. The van der Waals surface area contributed by atoms with Crippen LogP contribution in [-0.4, -0.2) is 9.97 Å². The number of hydrogen-bond acceptors (Lipinski definition) is 2. The van der Waals surface area contributed by atoms with Crippen molar-refractivity contribution in [3.05, 3.63) is 127 Å². The molecule has 0 radical (unpaired) electrons. The molecule has 0 saturated heterocycles. The Balaban J connectivity index is 1.63. The standard InChI is InChI=1S/C33H23N3/c1-4-12-22(13-5-1)29-26-19-11-10-18-25(26)27-20-21-28-32(31(27)30(29)23-14-6-2-7-15-23)36-33(35-28)34-24-16-8-3-9-17-24/h1-21H,(H2,34,35,36). The van der Waals surface area contributed by atoms with Crippen molar-refractivity contribution in [2.24, 2.45) is 0 Å². The Morgan fingerprint density at radius 3 is 1.78 bits per heavy atom. The van der Waals surface area contributed by atoms with Gasteiger partial charge in [0, 0.05) is 16.6 Å². The molecule has 7 aromatic rings. The highest BCUT2D eigenvalue weighted by atomic mass is 15.1. The molecule has 36 heavy (non-hydrogen) atoms. The maximum Gasteiger partial charge on any atom is 0.205 e. The molecule has 3 nitrogen and oxygen atoms in total. The Morgan fingerprint density at radius 2 is 1.08 bits per heavy atom. The quantitative estimate of drug-likeness (QED) is 0.257. The molecule has 1 heterocycles. The van der Waals surface area contributed by atoms with Crippen molar-refractivity contribution in [3.63, 3.8) is 0 Å². The first-order chi connectivity index (χ1) is 17.9.